The van der Waals surface area contributed by atoms with Crippen LogP contribution in [-0.4, -0.2) is 16.8 Å². The quantitative estimate of drug-likeness (QED) is 0.667. The first-order chi connectivity index (χ1) is 6.58. The first-order valence-electron chi connectivity index (χ1n) is 4.84. The molecule has 0 radical (unpaired) electrons. The molecule has 1 heterocycles. The van der Waals surface area contributed by atoms with Gasteiger partial charge in [0.15, 0.2) is 5.78 Å². The lowest BCUT2D eigenvalue weighted by Gasteiger charge is -2.21. The van der Waals surface area contributed by atoms with E-state index >= 15 is 0 Å². The highest BCUT2D eigenvalue weighted by atomic mass is 16.1. The lowest BCUT2D eigenvalue weighted by molar-refractivity contribution is 0.0963. The summed E-state index contributed by atoms with van der Waals surface area (Å²) in [7, 11) is 0. The summed E-state index contributed by atoms with van der Waals surface area (Å²) < 4.78 is 0. The zero-order valence-electron chi connectivity index (χ0n) is 8.50. The third-order valence-electron chi connectivity index (χ3n) is 2.60. The van der Waals surface area contributed by atoms with E-state index in [1.165, 1.54) is 0 Å². The van der Waals surface area contributed by atoms with Crippen molar-refractivity contribution in [2.45, 2.75) is 32.7 Å². The van der Waals surface area contributed by atoms with Gasteiger partial charge in [-0.25, -0.2) is 0 Å². The number of ketones is 1. The van der Waals surface area contributed by atoms with Crippen LogP contribution in [0, 0.1) is 13.8 Å². The minimum atomic E-state index is -0.0521. The first-order valence-corrected chi connectivity index (χ1v) is 4.84. The topological polar surface area (TPSA) is 56.0 Å². The highest BCUT2D eigenvalue weighted by molar-refractivity contribution is 5.99. The van der Waals surface area contributed by atoms with Crippen LogP contribution in [0.15, 0.2) is 6.07 Å². The van der Waals surface area contributed by atoms with Crippen LogP contribution < -0.4 is 5.73 Å². The summed E-state index contributed by atoms with van der Waals surface area (Å²) in [5.74, 6) is 0.142. The lowest BCUT2D eigenvalue weighted by atomic mass is 9.88. The third kappa shape index (κ3) is 1.44. The SMILES string of the molecule is Cc1cc(C)c2c(n1)CC(N)CC2=O. The van der Waals surface area contributed by atoms with Gasteiger partial charge in [0.05, 0.1) is 5.69 Å². The molecule has 1 aromatic rings. The molecule has 0 saturated carbocycles. The van der Waals surface area contributed by atoms with Crippen LogP contribution in [0.1, 0.15) is 33.7 Å². The molecule has 1 aromatic heterocycles. The molecule has 0 fully saturated rings. The van der Waals surface area contributed by atoms with Gasteiger partial charge in [0.1, 0.15) is 0 Å². The Morgan fingerprint density at radius 2 is 2.14 bits per heavy atom. The summed E-state index contributed by atoms with van der Waals surface area (Å²) in [4.78, 5) is 16.1. The molecule has 14 heavy (non-hydrogen) atoms. The maximum atomic E-state index is 11.7. The van der Waals surface area contributed by atoms with E-state index in [2.05, 4.69) is 4.98 Å². The molecule has 0 saturated heterocycles. The molecule has 2 N–H and O–H groups in total. The van der Waals surface area contributed by atoms with E-state index in [9.17, 15) is 4.79 Å². The summed E-state index contributed by atoms with van der Waals surface area (Å²) in [6.45, 7) is 3.90. The normalized spacial score (nSPS) is 20.8. The van der Waals surface area contributed by atoms with Crippen molar-refractivity contribution in [1.82, 2.24) is 4.98 Å². The Labute approximate surface area is 83.3 Å². The van der Waals surface area contributed by atoms with Crippen LogP contribution in [0.3, 0.4) is 0 Å². The van der Waals surface area contributed by atoms with E-state index < -0.39 is 0 Å². The molecule has 1 aliphatic carbocycles. The van der Waals surface area contributed by atoms with Crippen molar-refractivity contribution in [3.63, 3.8) is 0 Å². The van der Waals surface area contributed by atoms with Crippen molar-refractivity contribution in [1.29, 1.82) is 0 Å². The maximum Gasteiger partial charge on any atom is 0.166 e. The van der Waals surface area contributed by atoms with E-state index in [1.807, 2.05) is 19.9 Å². The van der Waals surface area contributed by atoms with Gasteiger partial charge in [-0.1, -0.05) is 0 Å². The molecule has 1 atom stereocenters. The molecule has 0 bridgehead atoms. The molecule has 0 amide bonds. The van der Waals surface area contributed by atoms with Crippen LogP contribution >= 0.6 is 0 Å². The number of hydrogen-bond acceptors (Lipinski definition) is 3. The number of aryl methyl sites for hydroxylation is 2. The number of nitrogens with zero attached hydrogens (tertiary/aromatic N) is 1. The monoisotopic (exact) mass is 190 g/mol. The van der Waals surface area contributed by atoms with E-state index in [0.717, 1.165) is 28.9 Å². The number of carbonyl (C=O) groups is 1. The molecule has 0 spiro atoms. The zero-order valence-corrected chi connectivity index (χ0v) is 8.50. The maximum absolute atomic E-state index is 11.7. The fourth-order valence-electron chi connectivity index (χ4n) is 2.10. The van der Waals surface area contributed by atoms with Crippen LogP contribution in [0.2, 0.25) is 0 Å². The van der Waals surface area contributed by atoms with Crippen molar-refractivity contribution < 1.29 is 4.79 Å². The Morgan fingerprint density at radius 3 is 2.86 bits per heavy atom. The average molecular weight is 190 g/mol. The minimum Gasteiger partial charge on any atom is -0.327 e. The highest BCUT2D eigenvalue weighted by Crippen LogP contribution is 2.22. The summed E-state index contributed by atoms with van der Waals surface area (Å²) in [6.07, 6.45) is 1.18. The first kappa shape index (κ1) is 9.34. The predicted octanol–water partition coefficient (Wildman–Crippen LogP) is 1.15. The Bertz CT molecular complexity index is 399. The highest BCUT2D eigenvalue weighted by Gasteiger charge is 2.25. The largest absolute Gasteiger partial charge is 0.327 e. The van der Waals surface area contributed by atoms with E-state index in [-0.39, 0.29) is 11.8 Å². The lowest BCUT2D eigenvalue weighted by Crippen LogP contribution is -2.33. The minimum absolute atomic E-state index is 0.0521. The Morgan fingerprint density at radius 1 is 1.43 bits per heavy atom. The second kappa shape index (κ2) is 3.17. The summed E-state index contributed by atoms with van der Waals surface area (Å²) in [6, 6.07) is 1.90. The molecule has 1 unspecified atom stereocenters. The number of fused-ring (bicyclic) bond motifs is 1. The van der Waals surface area contributed by atoms with E-state index in [1.54, 1.807) is 0 Å². The zero-order chi connectivity index (χ0) is 10.3. The van der Waals surface area contributed by atoms with Crippen molar-refractivity contribution >= 4 is 5.78 Å². The molecule has 2 rings (SSSR count). The summed E-state index contributed by atoms with van der Waals surface area (Å²) in [5, 5.41) is 0. The average Bonchev–Trinajstić information content (AvgIpc) is 1.99. The van der Waals surface area contributed by atoms with Gasteiger partial charge in [0.25, 0.3) is 0 Å². The van der Waals surface area contributed by atoms with Gasteiger partial charge in [0.2, 0.25) is 0 Å². The van der Waals surface area contributed by atoms with Crippen molar-refractivity contribution in [3.8, 4) is 0 Å². The number of rotatable bonds is 0. The number of carbonyl (C=O) groups excluding carboxylic acids is 1. The van der Waals surface area contributed by atoms with Crippen LogP contribution in [0.5, 0.6) is 0 Å². The van der Waals surface area contributed by atoms with Gasteiger partial charge in [-0.05, 0) is 25.5 Å². The van der Waals surface area contributed by atoms with Crippen molar-refractivity contribution in [3.05, 3.63) is 28.6 Å². The van der Waals surface area contributed by atoms with Gasteiger partial charge in [0, 0.05) is 30.1 Å². The van der Waals surface area contributed by atoms with E-state index in [4.69, 9.17) is 5.73 Å². The van der Waals surface area contributed by atoms with Gasteiger partial charge < -0.3 is 5.73 Å². The predicted molar refractivity (Wildman–Crippen MR) is 54.3 cm³/mol. The van der Waals surface area contributed by atoms with Crippen molar-refractivity contribution in [2.75, 3.05) is 0 Å². The molecule has 0 aliphatic heterocycles. The Kier molecular flexibility index (Phi) is 2.11. The number of nitrogens with two attached hydrogens (primary N) is 1. The summed E-state index contributed by atoms with van der Waals surface area (Å²) in [5.41, 5.74) is 9.46. The van der Waals surface area contributed by atoms with E-state index in [0.29, 0.717) is 6.42 Å². The van der Waals surface area contributed by atoms with Crippen LogP contribution in [-0.2, 0) is 6.42 Å². The summed E-state index contributed by atoms with van der Waals surface area (Å²) >= 11 is 0. The second-order valence-corrected chi connectivity index (χ2v) is 3.99. The molecule has 1 aliphatic rings. The fraction of sp³-hybridized carbons (Fsp3) is 0.455. The van der Waals surface area contributed by atoms with Crippen LogP contribution in [0.25, 0.3) is 0 Å². The number of Topliss-reactive ketones (excluding diaryl/α,β-unsaturated/α-hetero) is 1. The molecular formula is C11H14N2O. The van der Waals surface area contributed by atoms with Crippen molar-refractivity contribution in [2.24, 2.45) is 5.73 Å². The fourth-order valence-corrected chi connectivity index (χ4v) is 2.10. The Hall–Kier alpha value is -1.22. The van der Waals surface area contributed by atoms with Crippen LogP contribution in [0.4, 0.5) is 0 Å². The third-order valence-corrected chi connectivity index (χ3v) is 2.60. The molecule has 74 valence electrons. The van der Waals surface area contributed by atoms with Gasteiger partial charge in [-0.15, -0.1) is 0 Å². The molecule has 0 aromatic carbocycles. The smallest absolute Gasteiger partial charge is 0.166 e. The molecular weight excluding hydrogens is 176 g/mol. The number of pyridine rings is 1. The molecule has 3 nitrogen and oxygen atoms in total. The Balaban J connectivity index is 2.59. The van der Waals surface area contributed by atoms with Gasteiger partial charge in [-0.2, -0.15) is 0 Å². The number of aromatic nitrogens is 1. The van der Waals surface area contributed by atoms with Gasteiger partial charge in [-0.3, -0.25) is 9.78 Å². The second-order valence-electron chi connectivity index (χ2n) is 3.99. The standard InChI is InChI=1S/C11H14N2O/c1-6-3-7(2)13-9-4-8(12)5-10(14)11(6)9/h3,8H,4-5,12H2,1-2H3. The molecule has 3 heteroatoms. The van der Waals surface area contributed by atoms with Gasteiger partial charge >= 0.3 is 0 Å². The number of hydrogen-bond donors (Lipinski definition) is 1.